The molecule has 5 nitrogen and oxygen atoms in total. The summed E-state index contributed by atoms with van der Waals surface area (Å²) in [6.07, 6.45) is 1.52. The van der Waals surface area contributed by atoms with Crippen LogP contribution in [0, 0.1) is 5.82 Å². The van der Waals surface area contributed by atoms with E-state index in [0.29, 0.717) is 17.0 Å². The van der Waals surface area contributed by atoms with E-state index in [4.69, 9.17) is 4.74 Å². The first-order valence-electron chi connectivity index (χ1n) is 7.97. The number of nitrogens with zero attached hydrogens (tertiary/aromatic N) is 1. The van der Waals surface area contributed by atoms with Crippen LogP contribution in [0.2, 0.25) is 0 Å². The second kappa shape index (κ2) is 7.65. The fraction of sp³-hybridized carbons (Fsp3) is 0.100. The maximum absolute atomic E-state index is 13.8. The van der Waals surface area contributed by atoms with Crippen molar-refractivity contribution >= 4 is 11.6 Å². The van der Waals surface area contributed by atoms with Crippen LogP contribution in [0.1, 0.15) is 15.9 Å². The molecule has 3 rings (SSSR count). The van der Waals surface area contributed by atoms with Crippen molar-refractivity contribution in [3.63, 3.8) is 0 Å². The van der Waals surface area contributed by atoms with E-state index < -0.39 is 17.3 Å². The number of para-hydroxylation sites is 2. The maximum Gasteiger partial charge on any atom is 0.263 e. The topological polar surface area (TPSA) is 60.3 Å². The Balaban J connectivity index is 1.88. The van der Waals surface area contributed by atoms with Gasteiger partial charge in [-0.25, -0.2) is 4.39 Å². The van der Waals surface area contributed by atoms with E-state index in [1.807, 2.05) is 0 Å². The highest BCUT2D eigenvalue weighted by Crippen LogP contribution is 2.23. The first-order chi connectivity index (χ1) is 12.6. The molecule has 0 saturated carbocycles. The number of hydrogen-bond acceptors (Lipinski definition) is 3. The molecule has 3 aromatic rings. The van der Waals surface area contributed by atoms with Gasteiger partial charge in [0.2, 0.25) is 0 Å². The van der Waals surface area contributed by atoms with Crippen LogP contribution < -0.4 is 15.6 Å². The van der Waals surface area contributed by atoms with Gasteiger partial charge in [-0.05, 0) is 30.3 Å². The third-order valence-electron chi connectivity index (χ3n) is 3.92. The standard InChI is InChI=1S/C20H17FN2O3/c1-26-18-11-5-4-10-17(18)22-19(24)15-8-6-12-23(20(15)25)13-14-7-2-3-9-16(14)21/h2-12H,13H2,1H3,(H,22,24). The lowest BCUT2D eigenvalue weighted by molar-refractivity contribution is 0.102. The summed E-state index contributed by atoms with van der Waals surface area (Å²) >= 11 is 0. The minimum atomic E-state index is -0.553. The van der Waals surface area contributed by atoms with Gasteiger partial charge in [-0.2, -0.15) is 0 Å². The van der Waals surface area contributed by atoms with Crippen LogP contribution in [-0.2, 0) is 6.54 Å². The van der Waals surface area contributed by atoms with Gasteiger partial charge in [-0.3, -0.25) is 9.59 Å². The van der Waals surface area contributed by atoms with E-state index in [9.17, 15) is 14.0 Å². The number of hydrogen-bond donors (Lipinski definition) is 1. The number of carbonyl (C=O) groups is 1. The van der Waals surface area contributed by atoms with E-state index in [2.05, 4.69) is 5.32 Å². The minimum absolute atomic E-state index is 0.0326. The van der Waals surface area contributed by atoms with E-state index >= 15 is 0 Å². The molecule has 26 heavy (non-hydrogen) atoms. The highest BCUT2D eigenvalue weighted by atomic mass is 19.1. The van der Waals surface area contributed by atoms with Crippen molar-refractivity contribution in [2.45, 2.75) is 6.54 Å². The summed E-state index contributed by atoms with van der Waals surface area (Å²) in [6, 6.07) is 16.1. The number of rotatable bonds is 5. The smallest absolute Gasteiger partial charge is 0.263 e. The fourth-order valence-electron chi connectivity index (χ4n) is 2.58. The second-order valence-electron chi connectivity index (χ2n) is 5.60. The predicted octanol–water partition coefficient (Wildman–Crippen LogP) is 3.30. The Kier molecular flexibility index (Phi) is 5.12. The molecular weight excluding hydrogens is 335 g/mol. The van der Waals surface area contributed by atoms with Crippen molar-refractivity contribution in [1.29, 1.82) is 0 Å². The van der Waals surface area contributed by atoms with Gasteiger partial charge in [0.25, 0.3) is 11.5 Å². The van der Waals surface area contributed by atoms with E-state index in [-0.39, 0.29) is 12.1 Å². The molecule has 0 fully saturated rings. The van der Waals surface area contributed by atoms with Crippen LogP contribution in [0.5, 0.6) is 5.75 Å². The van der Waals surface area contributed by atoms with E-state index in [0.717, 1.165) is 0 Å². The van der Waals surface area contributed by atoms with Gasteiger partial charge >= 0.3 is 0 Å². The molecule has 0 saturated heterocycles. The fourth-order valence-corrected chi connectivity index (χ4v) is 2.58. The molecule has 132 valence electrons. The third kappa shape index (κ3) is 3.64. The average molecular weight is 352 g/mol. The summed E-state index contributed by atoms with van der Waals surface area (Å²) in [5, 5.41) is 2.67. The van der Waals surface area contributed by atoms with Gasteiger partial charge in [0.1, 0.15) is 17.1 Å². The van der Waals surface area contributed by atoms with E-state index in [1.165, 1.54) is 30.0 Å². The van der Waals surface area contributed by atoms with Gasteiger partial charge in [0.05, 0.1) is 19.3 Å². The first kappa shape index (κ1) is 17.4. The number of carbonyl (C=O) groups excluding carboxylic acids is 1. The van der Waals surface area contributed by atoms with Crippen molar-refractivity contribution in [2.24, 2.45) is 0 Å². The zero-order chi connectivity index (χ0) is 18.5. The van der Waals surface area contributed by atoms with Crippen LogP contribution >= 0.6 is 0 Å². The summed E-state index contributed by atoms with van der Waals surface area (Å²) in [6.45, 7) is 0.0429. The Morgan fingerprint density at radius 1 is 1.08 bits per heavy atom. The zero-order valence-electron chi connectivity index (χ0n) is 14.1. The van der Waals surface area contributed by atoms with Crippen molar-refractivity contribution in [3.8, 4) is 5.75 Å². The number of aromatic nitrogens is 1. The predicted molar refractivity (Wildman–Crippen MR) is 97.2 cm³/mol. The number of pyridine rings is 1. The molecule has 0 bridgehead atoms. The average Bonchev–Trinajstić information content (AvgIpc) is 2.65. The normalized spacial score (nSPS) is 10.4. The number of methoxy groups -OCH3 is 1. The Bertz CT molecular complexity index is 998. The number of nitrogens with one attached hydrogen (secondary N) is 1. The number of anilines is 1. The summed E-state index contributed by atoms with van der Waals surface area (Å²) in [5.41, 5.74) is 0.304. The molecule has 6 heteroatoms. The molecule has 1 aromatic heterocycles. The summed E-state index contributed by atoms with van der Waals surface area (Å²) in [4.78, 5) is 25.1. The van der Waals surface area contributed by atoms with Gasteiger partial charge in [-0.1, -0.05) is 30.3 Å². The first-order valence-corrected chi connectivity index (χ1v) is 7.97. The molecule has 2 aromatic carbocycles. The maximum atomic E-state index is 13.8. The second-order valence-corrected chi connectivity index (χ2v) is 5.60. The van der Waals surface area contributed by atoms with Gasteiger partial charge in [0, 0.05) is 11.8 Å². The molecule has 1 heterocycles. The molecule has 0 radical (unpaired) electrons. The lowest BCUT2D eigenvalue weighted by atomic mass is 10.2. The summed E-state index contributed by atoms with van der Waals surface area (Å²) in [5.74, 6) is -0.464. The monoisotopic (exact) mass is 352 g/mol. The molecule has 0 aliphatic heterocycles. The highest BCUT2D eigenvalue weighted by Gasteiger charge is 2.15. The van der Waals surface area contributed by atoms with Crippen molar-refractivity contribution in [3.05, 3.63) is 94.2 Å². The van der Waals surface area contributed by atoms with Crippen molar-refractivity contribution in [2.75, 3.05) is 12.4 Å². The summed E-state index contributed by atoms with van der Waals surface area (Å²) in [7, 11) is 1.49. The zero-order valence-corrected chi connectivity index (χ0v) is 14.1. The largest absolute Gasteiger partial charge is 0.495 e. The number of ether oxygens (including phenoxy) is 1. The van der Waals surface area contributed by atoms with Crippen LogP contribution in [0.15, 0.2) is 71.7 Å². The third-order valence-corrected chi connectivity index (χ3v) is 3.92. The van der Waals surface area contributed by atoms with Gasteiger partial charge in [-0.15, -0.1) is 0 Å². The van der Waals surface area contributed by atoms with Crippen LogP contribution in [0.25, 0.3) is 0 Å². The Morgan fingerprint density at radius 2 is 1.81 bits per heavy atom. The minimum Gasteiger partial charge on any atom is -0.495 e. The number of amides is 1. The van der Waals surface area contributed by atoms with Crippen molar-refractivity contribution in [1.82, 2.24) is 4.57 Å². The molecule has 1 N–H and O–H groups in total. The van der Waals surface area contributed by atoms with E-state index in [1.54, 1.807) is 48.5 Å². The number of halogens is 1. The van der Waals surface area contributed by atoms with Crippen molar-refractivity contribution < 1.29 is 13.9 Å². The van der Waals surface area contributed by atoms with Crippen LogP contribution in [0.4, 0.5) is 10.1 Å². The molecule has 0 atom stereocenters. The molecule has 0 unspecified atom stereocenters. The van der Waals surface area contributed by atoms with Crippen LogP contribution in [0.3, 0.4) is 0 Å². The highest BCUT2D eigenvalue weighted by molar-refractivity contribution is 6.04. The Hall–Kier alpha value is -3.41. The summed E-state index contributed by atoms with van der Waals surface area (Å²) < 4.78 is 20.3. The Morgan fingerprint density at radius 3 is 2.58 bits per heavy atom. The SMILES string of the molecule is COc1ccccc1NC(=O)c1cccn(Cc2ccccc2F)c1=O. The molecule has 0 aliphatic rings. The Labute approximate surface area is 149 Å². The molecule has 0 spiro atoms. The lowest BCUT2D eigenvalue weighted by Crippen LogP contribution is -2.29. The van der Waals surface area contributed by atoms with Gasteiger partial charge in [0.15, 0.2) is 0 Å². The molecular formula is C20H17FN2O3. The van der Waals surface area contributed by atoms with Gasteiger partial charge < -0.3 is 14.6 Å². The number of benzene rings is 2. The molecule has 0 aliphatic carbocycles. The molecule has 1 amide bonds. The quantitative estimate of drug-likeness (QED) is 0.766. The lowest BCUT2D eigenvalue weighted by Gasteiger charge is -2.11. The van der Waals surface area contributed by atoms with Crippen LogP contribution in [-0.4, -0.2) is 17.6 Å².